The molecule has 0 spiro atoms. The molecular formula is C7H15NO. The van der Waals surface area contributed by atoms with Gasteiger partial charge < -0.3 is 4.84 Å². The van der Waals surface area contributed by atoms with Crippen LogP contribution in [0.2, 0.25) is 0 Å². The summed E-state index contributed by atoms with van der Waals surface area (Å²) in [6.45, 7) is 5.19. The monoisotopic (exact) mass is 129 g/mol. The summed E-state index contributed by atoms with van der Waals surface area (Å²) < 4.78 is 0. The quantitative estimate of drug-likeness (QED) is 0.580. The topological polar surface area (TPSA) is 35.2 Å². The number of nitrogens with two attached hydrogens (primary N) is 1. The van der Waals surface area contributed by atoms with Crippen LogP contribution in [0.1, 0.15) is 20.3 Å². The van der Waals surface area contributed by atoms with E-state index in [0.717, 1.165) is 18.4 Å². The normalized spacial score (nSPS) is 36.3. The molecule has 3 unspecified atom stereocenters. The zero-order valence-electron chi connectivity index (χ0n) is 6.13. The summed E-state index contributed by atoms with van der Waals surface area (Å²) in [5.74, 6) is 7.39. The van der Waals surface area contributed by atoms with E-state index in [4.69, 9.17) is 5.90 Å². The van der Waals surface area contributed by atoms with Gasteiger partial charge in [0.1, 0.15) is 0 Å². The van der Waals surface area contributed by atoms with Gasteiger partial charge in [0.2, 0.25) is 0 Å². The molecule has 0 heterocycles. The van der Waals surface area contributed by atoms with Crippen molar-refractivity contribution in [3.63, 3.8) is 0 Å². The minimum Gasteiger partial charge on any atom is -0.304 e. The maximum atomic E-state index is 4.94. The minimum absolute atomic E-state index is 0.657. The zero-order valence-corrected chi connectivity index (χ0v) is 6.13. The van der Waals surface area contributed by atoms with E-state index in [1.54, 1.807) is 0 Å². The SMILES string of the molecule is CC(CON)C1CC1C. The Balaban J connectivity index is 2.11. The van der Waals surface area contributed by atoms with Gasteiger partial charge in [0.15, 0.2) is 0 Å². The van der Waals surface area contributed by atoms with Crippen molar-refractivity contribution in [3.8, 4) is 0 Å². The molecule has 1 fully saturated rings. The molecule has 0 aromatic rings. The zero-order chi connectivity index (χ0) is 6.85. The van der Waals surface area contributed by atoms with Crippen LogP contribution >= 0.6 is 0 Å². The molecule has 1 rings (SSSR count). The van der Waals surface area contributed by atoms with Crippen LogP contribution in [-0.2, 0) is 4.84 Å². The molecular weight excluding hydrogens is 114 g/mol. The van der Waals surface area contributed by atoms with E-state index in [2.05, 4.69) is 18.7 Å². The summed E-state index contributed by atoms with van der Waals surface area (Å²) in [6.07, 6.45) is 1.37. The molecule has 2 nitrogen and oxygen atoms in total. The smallest absolute Gasteiger partial charge is 0.0707 e. The molecule has 54 valence electrons. The first-order chi connectivity index (χ1) is 4.25. The molecule has 3 atom stereocenters. The lowest BCUT2D eigenvalue weighted by Gasteiger charge is -2.06. The van der Waals surface area contributed by atoms with Gasteiger partial charge in [0.25, 0.3) is 0 Å². The van der Waals surface area contributed by atoms with E-state index >= 15 is 0 Å². The van der Waals surface area contributed by atoms with Crippen molar-refractivity contribution in [2.75, 3.05) is 6.61 Å². The van der Waals surface area contributed by atoms with Gasteiger partial charge in [-0.25, -0.2) is 5.90 Å². The molecule has 2 N–H and O–H groups in total. The summed E-state index contributed by atoms with van der Waals surface area (Å²) in [4.78, 5) is 4.55. The third kappa shape index (κ3) is 1.66. The van der Waals surface area contributed by atoms with Crippen LogP contribution in [0.4, 0.5) is 0 Å². The first-order valence-corrected chi connectivity index (χ1v) is 3.57. The van der Waals surface area contributed by atoms with Crippen LogP contribution in [0.25, 0.3) is 0 Å². The molecule has 0 radical (unpaired) electrons. The van der Waals surface area contributed by atoms with E-state index in [1.807, 2.05) is 0 Å². The lowest BCUT2D eigenvalue weighted by molar-refractivity contribution is 0.0981. The minimum atomic E-state index is 0.657. The maximum Gasteiger partial charge on any atom is 0.0707 e. The highest BCUT2D eigenvalue weighted by molar-refractivity contribution is 4.85. The van der Waals surface area contributed by atoms with Crippen LogP contribution in [0.15, 0.2) is 0 Å². The summed E-state index contributed by atoms with van der Waals surface area (Å²) in [5.41, 5.74) is 0. The van der Waals surface area contributed by atoms with Gasteiger partial charge in [-0.15, -0.1) is 0 Å². The van der Waals surface area contributed by atoms with Crippen molar-refractivity contribution in [1.29, 1.82) is 0 Å². The Morgan fingerprint density at radius 1 is 1.78 bits per heavy atom. The molecule has 1 aliphatic rings. The summed E-state index contributed by atoms with van der Waals surface area (Å²) in [7, 11) is 0. The second kappa shape index (κ2) is 2.67. The first-order valence-electron chi connectivity index (χ1n) is 3.57. The predicted molar refractivity (Wildman–Crippen MR) is 36.6 cm³/mol. The molecule has 1 saturated carbocycles. The molecule has 0 aliphatic heterocycles. The molecule has 2 heteroatoms. The van der Waals surface area contributed by atoms with Crippen molar-refractivity contribution < 1.29 is 4.84 Å². The standard InChI is InChI=1S/C7H15NO/c1-5-3-7(5)6(2)4-9-8/h5-7H,3-4,8H2,1-2H3. The predicted octanol–water partition coefficient (Wildman–Crippen LogP) is 1.17. The van der Waals surface area contributed by atoms with Crippen molar-refractivity contribution >= 4 is 0 Å². The van der Waals surface area contributed by atoms with Gasteiger partial charge in [0.05, 0.1) is 6.61 Å². The van der Waals surface area contributed by atoms with Crippen LogP contribution in [0, 0.1) is 17.8 Å². The Morgan fingerprint density at radius 2 is 2.33 bits per heavy atom. The summed E-state index contributed by atoms with van der Waals surface area (Å²) in [6, 6.07) is 0. The van der Waals surface area contributed by atoms with Gasteiger partial charge in [-0.05, 0) is 24.2 Å². The third-order valence-corrected chi connectivity index (χ3v) is 2.26. The van der Waals surface area contributed by atoms with Crippen molar-refractivity contribution in [1.82, 2.24) is 0 Å². The fourth-order valence-corrected chi connectivity index (χ4v) is 1.42. The second-order valence-corrected chi connectivity index (χ2v) is 3.19. The average molecular weight is 129 g/mol. The highest BCUT2D eigenvalue weighted by atomic mass is 16.6. The van der Waals surface area contributed by atoms with Gasteiger partial charge in [-0.1, -0.05) is 13.8 Å². The fraction of sp³-hybridized carbons (Fsp3) is 1.00. The number of hydrogen-bond acceptors (Lipinski definition) is 2. The third-order valence-electron chi connectivity index (χ3n) is 2.26. The highest BCUT2D eigenvalue weighted by Crippen LogP contribution is 2.43. The molecule has 1 aliphatic carbocycles. The van der Waals surface area contributed by atoms with Crippen LogP contribution in [-0.4, -0.2) is 6.61 Å². The lowest BCUT2D eigenvalue weighted by Crippen LogP contribution is -2.11. The second-order valence-electron chi connectivity index (χ2n) is 3.19. The Morgan fingerprint density at radius 3 is 2.67 bits per heavy atom. The average Bonchev–Trinajstić information content (AvgIpc) is 2.47. The molecule has 0 aromatic carbocycles. The van der Waals surface area contributed by atoms with E-state index in [-0.39, 0.29) is 0 Å². The van der Waals surface area contributed by atoms with Crippen LogP contribution in [0.3, 0.4) is 0 Å². The maximum absolute atomic E-state index is 4.94. The molecule has 9 heavy (non-hydrogen) atoms. The largest absolute Gasteiger partial charge is 0.304 e. The highest BCUT2D eigenvalue weighted by Gasteiger charge is 2.36. The van der Waals surface area contributed by atoms with Crippen molar-refractivity contribution in [3.05, 3.63) is 0 Å². The van der Waals surface area contributed by atoms with E-state index in [1.165, 1.54) is 6.42 Å². The van der Waals surface area contributed by atoms with Gasteiger partial charge in [-0.2, -0.15) is 0 Å². The number of hydrogen-bond donors (Lipinski definition) is 1. The van der Waals surface area contributed by atoms with E-state index in [0.29, 0.717) is 5.92 Å². The molecule has 0 bridgehead atoms. The summed E-state index contributed by atoms with van der Waals surface area (Å²) in [5, 5.41) is 0. The Labute approximate surface area is 56.3 Å². The van der Waals surface area contributed by atoms with Gasteiger partial charge in [0, 0.05) is 0 Å². The van der Waals surface area contributed by atoms with Crippen LogP contribution < -0.4 is 5.90 Å². The molecule has 0 saturated heterocycles. The van der Waals surface area contributed by atoms with Gasteiger partial charge >= 0.3 is 0 Å². The Bertz CT molecular complexity index is 94.9. The van der Waals surface area contributed by atoms with E-state index in [9.17, 15) is 0 Å². The van der Waals surface area contributed by atoms with Crippen LogP contribution in [0.5, 0.6) is 0 Å². The Hall–Kier alpha value is -0.0800. The lowest BCUT2D eigenvalue weighted by atomic mass is 10.1. The van der Waals surface area contributed by atoms with E-state index < -0.39 is 0 Å². The van der Waals surface area contributed by atoms with Gasteiger partial charge in [-0.3, -0.25) is 0 Å². The van der Waals surface area contributed by atoms with Crippen molar-refractivity contribution in [2.45, 2.75) is 20.3 Å². The molecule has 0 amide bonds. The summed E-state index contributed by atoms with van der Waals surface area (Å²) >= 11 is 0. The number of rotatable bonds is 3. The molecule has 0 aromatic heterocycles. The fourth-order valence-electron chi connectivity index (χ4n) is 1.42. The first kappa shape index (κ1) is 7.03. The Kier molecular flexibility index (Phi) is 2.09. The van der Waals surface area contributed by atoms with Crippen molar-refractivity contribution in [2.24, 2.45) is 23.7 Å².